The van der Waals surface area contributed by atoms with E-state index >= 15 is 0 Å². The second-order valence-corrected chi connectivity index (χ2v) is 21.9. The summed E-state index contributed by atoms with van der Waals surface area (Å²) in [5.41, 5.74) is 19.2. The maximum Gasteiger partial charge on any atom is 0.198 e. The summed E-state index contributed by atoms with van der Waals surface area (Å²) in [5.74, 6) is 0. The molecule has 8 aromatic carbocycles. The van der Waals surface area contributed by atoms with E-state index in [9.17, 15) is 0 Å². The lowest BCUT2D eigenvalue weighted by atomic mass is 9.58. The Balaban J connectivity index is 1.20. The Bertz CT molecular complexity index is 4040. The van der Waals surface area contributed by atoms with Gasteiger partial charge in [-0.05, 0) is 93.0 Å². The van der Waals surface area contributed by atoms with Crippen molar-refractivity contribution in [2.24, 2.45) is 0 Å². The monoisotopic (exact) mass is 858 g/mol. The number of aromatic nitrogens is 1. The van der Waals surface area contributed by atoms with E-state index in [0.717, 1.165) is 94.0 Å². The average molecular weight is 859 g/mol. The van der Waals surface area contributed by atoms with Crippen LogP contribution in [0.4, 0.5) is 11.4 Å². The lowest BCUT2D eigenvalue weighted by molar-refractivity contribution is 0.590. The first-order valence-electron chi connectivity index (χ1n) is 23.4. The van der Waals surface area contributed by atoms with Crippen molar-refractivity contribution in [3.63, 3.8) is 0 Å². The van der Waals surface area contributed by atoms with Crippen molar-refractivity contribution in [1.29, 1.82) is 0 Å². The van der Waals surface area contributed by atoms with Gasteiger partial charge in [-0.25, -0.2) is 0 Å². The Morgan fingerprint density at radius 1 is 0.470 bits per heavy atom. The predicted molar refractivity (Wildman–Crippen MR) is 280 cm³/mol. The van der Waals surface area contributed by atoms with Crippen molar-refractivity contribution in [2.45, 2.75) is 78.6 Å². The first-order valence-corrected chi connectivity index (χ1v) is 23.4. The average Bonchev–Trinajstić information content (AvgIpc) is 4.03. The fourth-order valence-corrected chi connectivity index (χ4v) is 10.9. The van der Waals surface area contributed by atoms with Gasteiger partial charge >= 0.3 is 0 Å². The molecule has 0 fully saturated rings. The van der Waals surface area contributed by atoms with Crippen LogP contribution in [0.3, 0.4) is 0 Å². The number of para-hydroxylation sites is 2. The Morgan fingerprint density at radius 2 is 1.05 bits per heavy atom. The molecule has 0 unspecified atom stereocenters. The zero-order valence-electron chi connectivity index (χ0n) is 39.1. The summed E-state index contributed by atoms with van der Waals surface area (Å²) < 4.78 is 23.2. The Kier molecular flexibility index (Phi) is 7.86. The summed E-state index contributed by atoms with van der Waals surface area (Å²) in [7, 11) is 0.699. The van der Waals surface area contributed by atoms with Crippen molar-refractivity contribution < 1.29 is 13.3 Å². The largest absolute Gasteiger partial charge is 0.456 e. The quantitative estimate of drug-likeness (QED) is 0.180. The number of hydrogen-bond donors (Lipinski definition) is 1. The van der Waals surface area contributed by atoms with Crippen molar-refractivity contribution in [3.8, 4) is 16.8 Å². The maximum absolute atomic E-state index is 7.30. The molecule has 1 N–H and O–H groups in total. The van der Waals surface area contributed by atoms with Gasteiger partial charge in [0, 0.05) is 77.7 Å². The minimum atomic E-state index is -0.0528. The fourth-order valence-electron chi connectivity index (χ4n) is 10.9. The zero-order valence-corrected chi connectivity index (χ0v) is 39.1. The van der Waals surface area contributed by atoms with Crippen molar-refractivity contribution in [1.82, 2.24) is 4.57 Å². The summed E-state index contributed by atoms with van der Waals surface area (Å²) in [5, 5.41) is 13.1. The molecule has 13 rings (SSSR count). The van der Waals surface area contributed by atoms with E-state index < -0.39 is 0 Å². The maximum atomic E-state index is 7.30. The smallest absolute Gasteiger partial charge is 0.198 e. The van der Waals surface area contributed by atoms with Gasteiger partial charge in [-0.1, -0.05) is 135 Å². The summed E-state index contributed by atoms with van der Waals surface area (Å²) in [4.78, 5) is 0. The highest BCUT2D eigenvalue weighted by Gasteiger charge is 2.34. The molecule has 0 aliphatic carbocycles. The summed E-state index contributed by atoms with van der Waals surface area (Å²) in [6.45, 7) is 20.5. The van der Waals surface area contributed by atoms with E-state index in [1.165, 1.54) is 49.4 Å². The van der Waals surface area contributed by atoms with Gasteiger partial charge in [-0.15, -0.1) is 0 Å². The predicted octanol–water partition coefficient (Wildman–Crippen LogP) is 15.5. The second-order valence-electron chi connectivity index (χ2n) is 21.9. The van der Waals surface area contributed by atoms with E-state index in [1.807, 2.05) is 0 Å². The number of nitrogens with zero attached hydrogens (tertiary/aromatic N) is 1. The number of rotatable bonds is 3. The van der Waals surface area contributed by atoms with Gasteiger partial charge in [0.25, 0.3) is 0 Å². The molecule has 5 heterocycles. The van der Waals surface area contributed by atoms with Gasteiger partial charge in [0.1, 0.15) is 33.5 Å². The highest BCUT2D eigenvalue weighted by Crippen LogP contribution is 2.49. The molecule has 0 saturated carbocycles. The Labute approximate surface area is 384 Å². The number of anilines is 2. The number of benzene rings is 8. The summed E-state index contributed by atoms with van der Waals surface area (Å²) >= 11 is 0. The fraction of sp³-hybridized carbons (Fsp3) is 0.200. The minimum absolute atomic E-state index is 0.0314. The Hall–Kier alpha value is -7.18. The topological polar surface area (TPSA) is 56.4 Å². The van der Waals surface area contributed by atoms with Crippen molar-refractivity contribution in [2.75, 3.05) is 5.32 Å². The van der Waals surface area contributed by atoms with E-state index in [4.69, 9.17) is 13.3 Å². The molecule has 4 aromatic heterocycles. The van der Waals surface area contributed by atoms with E-state index in [1.54, 1.807) is 0 Å². The molecule has 0 atom stereocenters. The third kappa shape index (κ3) is 5.66. The lowest BCUT2D eigenvalue weighted by Crippen LogP contribution is -2.37. The highest BCUT2D eigenvalue weighted by atomic mass is 16.3. The number of fused-ring (bicyclic) bond motifs is 15. The van der Waals surface area contributed by atoms with Crippen LogP contribution in [-0.4, -0.2) is 11.8 Å². The first-order chi connectivity index (χ1) is 31.6. The molecule has 5 nitrogen and oxygen atoms in total. The normalized spacial score (nSPS) is 13.3. The van der Waals surface area contributed by atoms with Crippen LogP contribution < -0.4 is 16.2 Å². The highest BCUT2D eigenvalue weighted by molar-refractivity contribution is 6.74. The van der Waals surface area contributed by atoms with Crippen LogP contribution >= 0.6 is 0 Å². The summed E-state index contributed by atoms with van der Waals surface area (Å²) in [6, 6.07) is 48.9. The van der Waals surface area contributed by atoms with E-state index in [0.29, 0.717) is 7.28 Å². The molecular formula is C60H51BN2O3. The van der Waals surface area contributed by atoms with E-state index in [2.05, 4.69) is 206 Å². The van der Waals surface area contributed by atoms with Crippen LogP contribution in [0, 0.1) is 0 Å². The van der Waals surface area contributed by atoms with Crippen LogP contribution in [-0.2, 0) is 16.2 Å². The molecule has 0 radical (unpaired) electrons. The van der Waals surface area contributed by atoms with Crippen LogP contribution in [0.15, 0.2) is 147 Å². The molecule has 1 aliphatic heterocycles. The molecule has 0 saturated heterocycles. The number of nitrogens with one attached hydrogen (secondary N) is 1. The lowest BCUT2D eigenvalue weighted by Gasteiger charge is -2.24. The third-order valence-electron chi connectivity index (χ3n) is 14.5. The van der Waals surface area contributed by atoms with Gasteiger partial charge in [0.2, 0.25) is 0 Å². The second kappa shape index (κ2) is 13.2. The third-order valence-corrected chi connectivity index (χ3v) is 14.5. The van der Waals surface area contributed by atoms with Gasteiger partial charge < -0.3 is 23.1 Å². The van der Waals surface area contributed by atoms with Gasteiger partial charge in [-0.2, -0.15) is 0 Å². The van der Waals surface area contributed by atoms with Gasteiger partial charge in [0.15, 0.2) is 7.28 Å². The van der Waals surface area contributed by atoms with Crippen molar-refractivity contribution >= 4 is 117 Å². The van der Waals surface area contributed by atoms with Gasteiger partial charge in [-0.3, -0.25) is 0 Å². The SMILES string of the molecule is CC(C)(C)c1ccc(Nc2cc3oc4ccc(C(C)(C)C)cc4c3cc2-c2c3c4c(c5cc(C(C)(C)C)ccc5n4-c4cc5oc6ccccc6c5cc4B3)c3c2oc2ccccc23)cc1. The van der Waals surface area contributed by atoms with Crippen LogP contribution in [0.5, 0.6) is 0 Å². The van der Waals surface area contributed by atoms with Crippen LogP contribution in [0.25, 0.3) is 104 Å². The molecule has 0 bridgehead atoms. The zero-order chi connectivity index (χ0) is 45.2. The minimum Gasteiger partial charge on any atom is -0.456 e. The molecule has 66 heavy (non-hydrogen) atoms. The number of hydrogen-bond acceptors (Lipinski definition) is 4. The molecule has 12 aromatic rings. The number of furan rings is 3. The first kappa shape index (κ1) is 39.2. The summed E-state index contributed by atoms with van der Waals surface area (Å²) in [6.07, 6.45) is 0. The standard InChI is InChI=1S/C60H51BN2O3/c1-58(2,3)32-18-22-35(23-19-32)62-44-30-50-39(38-26-34(60(7,8)9)21-25-49(38)65-50)28-41(44)54-55-56-52(53-37-15-11-13-17-48(37)66-57(53)54)42-27-33(59(4,5)6)20-24-45(42)63(56)46-31-51-40(29-43(46)61-55)36-14-10-12-16-47(36)64-51/h10-31,61-62H,1-9H3. The molecule has 0 spiro atoms. The Morgan fingerprint density at radius 3 is 1.76 bits per heavy atom. The molecule has 322 valence electrons. The van der Waals surface area contributed by atoms with Crippen molar-refractivity contribution in [3.05, 3.63) is 150 Å². The van der Waals surface area contributed by atoms with Crippen LogP contribution in [0.2, 0.25) is 0 Å². The van der Waals surface area contributed by atoms with Crippen LogP contribution in [0.1, 0.15) is 79.0 Å². The van der Waals surface area contributed by atoms with Gasteiger partial charge in [0.05, 0.1) is 16.7 Å². The molecular weight excluding hydrogens is 807 g/mol. The van der Waals surface area contributed by atoms with E-state index in [-0.39, 0.29) is 16.2 Å². The molecule has 0 amide bonds. The molecule has 6 heteroatoms. The molecule has 1 aliphatic rings.